The molecule has 0 bridgehead atoms. The summed E-state index contributed by atoms with van der Waals surface area (Å²) < 4.78 is 13.0. The number of ketones is 1. The lowest BCUT2D eigenvalue weighted by Gasteiger charge is -2.41. The second-order valence-electron chi connectivity index (χ2n) is 4.75. The molecule has 0 aliphatic rings. The zero-order valence-electron chi connectivity index (χ0n) is 12.4. The number of carbonyl (C=O) groups excluding carboxylic acids is 1. The second-order valence-corrected chi connectivity index (χ2v) is 4.75. The molecule has 1 aromatic rings. The van der Waals surface area contributed by atoms with Crippen LogP contribution >= 0.6 is 0 Å². The number of benzene rings is 1. The SMILES string of the molecule is CCN(CC)C(CC)(CC)C(=O)c1ccc(F)cc1. The van der Waals surface area contributed by atoms with Gasteiger partial charge >= 0.3 is 0 Å². The summed E-state index contributed by atoms with van der Waals surface area (Å²) in [5.74, 6) is -0.209. The smallest absolute Gasteiger partial charge is 0.183 e. The molecule has 0 saturated carbocycles. The molecule has 1 rings (SSSR count). The Labute approximate surface area is 115 Å². The van der Waals surface area contributed by atoms with Crippen molar-refractivity contribution in [2.24, 2.45) is 0 Å². The van der Waals surface area contributed by atoms with Gasteiger partial charge < -0.3 is 0 Å². The van der Waals surface area contributed by atoms with Gasteiger partial charge in [0.2, 0.25) is 0 Å². The molecule has 0 atom stereocenters. The van der Waals surface area contributed by atoms with Crippen molar-refractivity contribution in [3.63, 3.8) is 0 Å². The van der Waals surface area contributed by atoms with Crippen LogP contribution in [-0.2, 0) is 0 Å². The first kappa shape index (κ1) is 15.8. The summed E-state index contributed by atoms with van der Waals surface area (Å²) in [5, 5.41) is 0. The summed E-state index contributed by atoms with van der Waals surface area (Å²) in [6, 6.07) is 5.87. The van der Waals surface area contributed by atoms with Gasteiger partial charge in [-0.1, -0.05) is 27.7 Å². The maximum Gasteiger partial charge on any atom is 0.183 e. The molecule has 0 saturated heterocycles. The molecule has 0 fully saturated rings. The maximum atomic E-state index is 13.0. The summed E-state index contributed by atoms with van der Waals surface area (Å²) in [7, 11) is 0. The minimum atomic E-state index is -0.471. The normalized spacial score (nSPS) is 11.9. The molecule has 0 aliphatic heterocycles. The fourth-order valence-electron chi connectivity index (χ4n) is 2.86. The third-order valence-corrected chi connectivity index (χ3v) is 4.07. The second kappa shape index (κ2) is 6.80. The highest BCUT2D eigenvalue weighted by Gasteiger charge is 2.39. The fraction of sp³-hybridized carbons (Fsp3) is 0.562. The van der Waals surface area contributed by atoms with E-state index in [0.29, 0.717) is 5.56 Å². The van der Waals surface area contributed by atoms with E-state index in [4.69, 9.17) is 0 Å². The van der Waals surface area contributed by atoms with E-state index in [1.807, 2.05) is 13.8 Å². The van der Waals surface area contributed by atoms with Gasteiger partial charge in [-0.05, 0) is 50.2 Å². The van der Waals surface area contributed by atoms with Crippen LogP contribution in [0, 0.1) is 5.82 Å². The number of nitrogens with zero attached hydrogens (tertiary/aromatic N) is 1. The van der Waals surface area contributed by atoms with Gasteiger partial charge in [0.05, 0.1) is 5.54 Å². The largest absolute Gasteiger partial charge is 0.292 e. The molecule has 1 aromatic carbocycles. The van der Waals surface area contributed by atoms with Gasteiger partial charge in [-0.3, -0.25) is 9.69 Å². The molecule has 2 nitrogen and oxygen atoms in total. The quantitative estimate of drug-likeness (QED) is 0.697. The Morgan fingerprint density at radius 2 is 1.53 bits per heavy atom. The molecular formula is C16H24FNO. The van der Waals surface area contributed by atoms with Crippen LogP contribution < -0.4 is 0 Å². The highest BCUT2D eigenvalue weighted by Crippen LogP contribution is 2.28. The van der Waals surface area contributed by atoms with E-state index in [2.05, 4.69) is 18.7 Å². The van der Waals surface area contributed by atoms with Crippen LogP contribution in [0.3, 0.4) is 0 Å². The zero-order chi connectivity index (χ0) is 14.5. The molecule has 19 heavy (non-hydrogen) atoms. The Bertz CT molecular complexity index is 405. The van der Waals surface area contributed by atoms with Crippen molar-refractivity contribution in [1.82, 2.24) is 4.90 Å². The van der Waals surface area contributed by atoms with Crippen molar-refractivity contribution >= 4 is 5.78 Å². The van der Waals surface area contributed by atoms with Crippen LogP contribution in [0.2, 0.25) is 0 Å². The van der Waals surface area contributed by atoms with E-state index in [-0.39, 0.29) is 11.6 Å². The summed E-state index contributed by atoms with van der Waals surface area (Å²) in [6.45, 7) is 9.91. The van der Waals surface area contributed by atoms with E-state index >= 15 is 0 Å². The number of hydrogen-bond donors (Lipinski definition) is 0. The highest BCUT2D eigenvalue weighted by molar-refractivity contribution is 6.03. The molecular weight excluding hydrogens is 241 g/mol. The van der Waals surface area contributed by atoms with Crippen LogP contribution in [0.1, 0.15) is 50.9 Å². The lowest BCUT2D eigenvalue weighted by molar-refractivity contribution is 0.0535. The molecule has 0 N–H and O–H groups in total. The maximum absolute atomic E-state index is 13.0. The summed E-state index contributed by atoms with van der Waals surface area (Å²) in [6.07, 6.45) is 1.53. The number of halogens is 1. The Kier molecular flexibility index (Phi) is 5.67. The molecule has 0 aromatic heterocycles. The summed E-state index contributed by atoms with van der Waals surface area (Å²) in [5.41, 5.74) is 0.124. The Hall–Kier alpha value is -1.22. The number of carbonyl (C=O) groups is 1. The van der Waals surface area contributed by atoms with Crippen LogP contribution in [0.15, 0.2) is 24.3 Å². The zero-order valence-corrected chi connectivity index (χ0v) is 12.4. The first-order valence-electron chi connectivity index (χ1n) is 7.11. The van der Waals surface area contributed by atoms with Crippen molar-refractivity contribution in [2.45, 2.75) is 46.1 Å². The minimum absolute atomic E-state index is 0.0983. The van der Waals surface area contributed by atoms with Crippen LogP contribution in [0.4, 0.5) is 4.39 Å². The van der Waals surface area contributed by atoms with Crippen molar-refractivity contribution in [1.29, 1.82) is 0 Å². The lowest BCUT2D eigenvalue weighted by Crippen LogP contribution is -2.53. The van der Waals surface area contributed by atoms with Gasteiger partial charge in [0.1, 0.15) is 5.82 Å². The fourth-order valence-corrected chi connectivity index (χ4v) is 2.86. The number of Topliss-reactive ketones (excluding diaryl/α,β-unsaturated/α-hetero) is 1. The highest BCUT2D eigenvalue weighted by atomic mass is 19.1. The van der Waals surface area contributed by atoms with E-state index in [9.17, 15) is 9.18 Å². The van der Waals surface area contributed by atoms with Gasteiger partial charge in [-0.2, -0.15) is 0 Å². The Morgan fingerprint density at radius 3 is 1.89 bits per heavy atom. The van der Waals surface area contributed by atoms with Gasteiger partial charge in [0.15, 0.2) is 5.78 Å². The van der Waals surface area contributed by atoms with Crippen molar-refractivity contribution in [3.8, 4) is 0 Å². The molecule has 0 aliphatic carbocycles. The molecule has 0 unspecified atom stereocenters. The molecule has 0 spiro atoms. The van der Waals surface area contributed by atoms with Crippen molar-refractivity contribution in [3.05, 3.63) is 35.6 Å². The van der Waals surface area contributed by atoms with Crippen molar-refractivity contribution < 1.29 is 9.18 Å². The van der Waals surface area contributed by atoms with Crippen LogP contribution in [-0.4, -0.2) is 29.3 Å². The first-order valence-corrected chi connectivity index (χ1v) is 7.11. The van der Waals surface area contributed by atoms with Gasteiger partial charge in [-0.15, -0.1) is 0 Å². The van der Waals surface area contributed by atoms with Crippen LogP contribution in [0.25, 0.3) is 0 Å². The molecule has 0 heterocycles. The summed E-state index contributed by atoms with van der Waals surface area (Å²) >= 11 is 0. The van der Waals surface area contributed by atoms with E-state index in [1.165, 1.54) is 12.1 Å². The van der Waals surface area contributed by atoms with Crippen molar-refractivity contribution in [2.75, 3.05) is 13.1 Å². The van der Waals surface area contributed by atoms with E-state index in [0.717, 1.165) is 25.9 Å². The summed E-state index contributed by atoms with van der Waals surface area (Å²) in [4.78, 5) is 15.0. The van der Waals surface area contributed by atoms with Gasteiger partial charge in [-0.25, -0.2) is 4.39 Å². The topological polar surface area (TPSA) is 20.3 Å². The third kappa shape index (κ3) is 3.03. The average Bonchev–Trinajstić information content (AvgIpc) is 2.45. The van der Waals surface area contributed by atoms with Gasteiger partial charge in [0, 0.05) is 5.56 Å². The average molecular weight is 265 g/mol. The third-order valence-electron chi connectivity index (χ3n) is 4.07. The predicted molar refractivity (Wildman–Crippen MR) is 77.0 cm³/mol. The number of rotatable bonds is 7. The van der Waals surface area contributed by atoms with E-state index < -0.39 is 5.54 Å². The first-order chi connectivity index (χ1) is 9.05. The number of likely N-dealkylation sites (N-methyl/N-ethyl adjacent to an activating group) is 1. The predicted octanol–water partition coefficient (Wildman–Crippen LogP) is 3.91. The molecule has 0 amide bonds. The monoisotopic (exact) mass is 265 g/mol. The standard InChI is InChI=1S/C16H24FNO/c1-5-16(6-2,18(7-3)8-4)15(19)13-9-11-14(17)12-10-13/h9-12H,5-8H2,1-4H3. The molecule has 3 heteroatoms. The van der Waals surface area contributed by atoms with Gasteiger partial charge in [0.25, 0.3) is 0 Å². The Balaban J connectivity index is 3.18. The number of hydrogen-bond acceptors (Lipinski definition) is 2. The van der Waals surface area contributed by atoms with E-state index in [1.54, 1.807) is 12.1 Å². The lowest BCUT2D eigenvalue weighted by atomic mass is 9.82. The minimum Gasteiger partial charge on any atom is -0.292 e. The Morgan fingerprint density at radius 1 is 1.05 bits per heavy atom. The molecule has 106 valence electrons. The molecule has 0 radical (unpaired) electrons. The van der Waals surface area contributed by atoms with Crippen LogP contribution in [0.5, 0.6) is 0 Å².